The molecule has 7 aromatic carbocycles. The SMILES string of the molecule is CC(C)(C)[Si](C)(C)OCC1OC(OCc2ccccc2)C(O)[C@@H](O)[C@@H]1O.CC1[C@@H](OCc2ccccc2)OC(CO)[C@@H](C)[C@@H]1C.C[C@@H]1C(CO)O[C@@H](OCc2ccccc2)C(OCc2ccccc2)[C@H]1C.C[C@@H]1C(CO[Si](C)(C)C(C)(C)C)OC(OCc2ccccc2)C(OCc2ccccc2)[C@H]1C.OCC1OC(OCc2ccccc2)C(O)[C@@H](O)[C@@H]1O.OCC1O[C@@H](O)C(O)[C@@H](O)[C@@H]1O. The van der Waals surface area contributed by atoms with E-state index in [2.05, 4.69) is 145 Å². The quantitative estimate of drug-likeness (QED) is 0.0179. The van der Waals surface area contributed by atoms with Gasteiger partial charge in [0, 0.05) is 5.92 Å². The number of hydrogen-bond acceptors (Lipinski definition) is 29. The average molecular weight is 1930 g/mol. The first-order valence-electron chi connectivity index (χ1n) is 47.2. The molecule has 6 heterocycles. The maximum Gasteiger partial charge on any atom is 0.192 e. The minimum atomic E-state index is -2.03. The van der Waals surface area contributed by atoms with E-state index in [4.69, 9.17) is 96.3 Å². The molecule has 0 amide bonds. The molecule has 6 aliphatic rings. The summed E-state index contributed by atoms with van der Waals surface area (Å²) in [4.78, 5) is 0. The highest BCUT2D eigenvalue weighted by molar-refractivity contribution is 6.74. The van der Waals surface area contributed by atoms with Crippen molar-refractivity contribution in [2.24, 2.45) is 41.4 Å². The van der Waals surface area contributed by atoms with Gasteiger partial charge >= 0.3 is 0 Å². The lowest BCUT2D eigenvalue weighted by Gasteiger charge is -2.45. The molecular weight excluding hydrogens is 1770 g/mol. The third kappa shape index (κ3) is 34.3. The van der Waals surface area contributed by atoms with Crippen LogP contribution in [0.15, 0.2) is 212 Å². The van der Waals surface area contributed by atoms with Gasteiger partial charge in [0.15, 0.2) is 54.4 Å². The Morgan fingerprint density at radius 1 is 0.237 bits per heavy atom. The van der Waals surface area contributed by atoms with Crippen LogP contribution in [-0.2, 0) is 117 Å². The molecule has 31 heteroatoms. The highest BCUT2D eigenvalue weighted by Gasteiger charge is 2.51. The Kier molecular flexibility index (Phi) is 47.2. The lowest BCUT2D eigenvalue weighted by Crippen LogP contribution is -2.60. The summed E-state index contributed by atoms with van der Waals surface area (Å²) < 4.78 is 88.6. The molecule has 135 heavy (non-hydrogen) atoms. The van der Waals surface area contributed by atoms with Gasteiger partial charge in [0.1, 0.15) is 85.5 Å². The average Bonchev–Trinajstić information content (AvgIpc) is 0.793. The fraction of sp³-hybridized carbons (Fsp3) is 0.596. The van der Waals surface area contributed by atoms with E-state index in [0.29, 0.717) is 63.3 Å². The normalized spacial score (nSPS) is 32.1. The summed E-state index contributed by atoms with van der Waals surface area (Å²) in [6.45, 7) is 40.0. The molecule has 29 nitrogen and oxygen atoms in total. The zero-order valence-electron chi connectivity index (χ0n) is 81.6. The van der Waals surface area contributed by atoms with E-state index < -0.39 is 135 Å². The van der Waals surface area contributed by atoms with Gasteiger partial charge in [-0.25, -0.2) is 0 Å². The zero-order valence-corrected chi connectivity index (χ0v) is 83.6. The van der Waals surface area contributed by atoms with Gasteiger partial charge in [-0.2, -0.15) is 0 Å². The molecule has 6 saturated heterocycles. The van der Waals surface area contributed by atoms with Crippen molar-refractivity contribution in [2.75, 3.05) is 39.6 Å². The van der Waals surface area contributed by atoms with Crippen LogP contribution >= 0.6 is 0 Å². The van der Waals surface area contributed by atoms with E-state index in [-0.39, 0.29) is 97.7 Å². The molecule has 754 valence electrons. The van der Waals surface area contributed by atoms with Crippen LogP contribution in [0.3, 0.4) is 0 Å². The molecule has 7 aromatic rings. The number of ether oxygens (including phenoxy) is 13. The van der Waals surface area contributed by atoms with E-state index in [0.717, 1.165) is 38.9 Å². The predicted octanol–water partition coefficient (Wildman–Crippen LogP) is 11.2. The topological polar surface area (TPSA) is 422 Å². The second kappa shape index (κ2) is 55.9. The van der Waals surface area contributed by atoms with Gasteiger partial charge in [-0.15, -0.1) is 0 Å². The summed E-state index contributed by atoms with van der Waals surface area (Å²) in [7, 11) is -3.89. The molecule has 6 aliphatic heterocycles. The Balaban J connectivity index is 0.000000204. The summed E-state index contributed by atoms with van der Waals surface area (Å²) in [5, 5.41) is 132. The molecular formula is C104H156O29Si2. The number of rotatable bonds is 31. The lowest BCUT2D eigenvalue weighted by molar-refractivity contribution is -0.304. The molecule has 0 bridgehead atoms. The first-order chi connectivity index (χ1) is 64.1. The summed E-state index contributed by atoms with van der Waals surface area (Å²) in [5.74, 6) is 2.15. The molecule has 13 rings (SSSR count). The summed E-state index contributed by atoms with van der Waals surface area (Å²) >= 11 is 0. The van der Waals surface area contributed by atoms with Crippen LogP contribution in [-0.4, -0.2) is 269 Å². The highest BCUT2D eigenvalue weighted by atomic mass is 28.4. The molecule has 0 spiro atoms. The molecule has 0 radical (unpaired) electrons. The van der Waals surface area contributed by atoms with Crippen LogP contribution in [0.4, 0.5) is 0 Å². The minimum Gasteiger partial charge on any atom is -0.414 e. The van der Waals surface area contributed by atoms with Crippen molar-refractivity contribution < 1.29 is 142 Å². The molecule has 14 N–H and O–H groups in total. The van der Waals surface area contributed by atoms with Gasteiger partial charge in [0.25, 0.3) is 0 Å². The van der Waals surface area contributed by atoms with Crippen LogP contribution in [0.2, 0.25) is 36.3 Å². The van der Waals surface area contributed by atoms with Gasteiger partial charge < -0.3 is 142 Å². The number of aliphatic hydroxyl groups excluding tert-OH is 14. The fourth-order valence-corrected chi connectivity index (χ4v) is 17.4. The molecule has 6 fully saturated rings. The van der Waals surface area contributed by atoms with E-state index in [1.54, 1.807) is 0 Å². The zero-order chi connectivity index (χ0) is 98.9. The lowest BCUT2D eigenvalue weighted by atomic mass is 9.79. The van der Waals surface area contributed by atoms with Crippen molar-refractivity contribution in [3.63, 3.8) is 0 Å². The van der Waals surface area contributed by atoms with Crippen molar-refractivity contribution >= 4 is 16.6 Å². The van der Waals surface area contributed by atoms with Gasteiger partial charge in [-0.05, 0) is 111 Å². The fourth-order valence-electron chi connectivity index (χ4n) is 15.3. The highest BCUT2D eigenvalue weighted by Crippen LogP contribution is 2.42. The van der Waals surface area contributed by atoms with Gasteiger partial charge in [0.2, 0.25) is 0 Å². The van der Waals surface area contributed by atoms with Gasteiger partial charge in [0.05, 0.1) is 104 Å². The van der Waals surface area contributed by atoms with E-state index in [1.165, 1.54) is 0 Å². The number of benzene rings is 7. The van der Waals surface area contributed by atoms with E-state index >= 15 is 0 Å². The molecule has 0 aromatic heterocycles. The summed E-state index contributed by atoms with van der Waals surface area (Å²) in [6.07, 6.45) is -20.8. The van der Waals surface area contributed by atoms with Crippen LogP contribution in [0.5, 0.6) is 0 Å². The molecule has 0 aliphatic carbocycles. The van der Waals surface area contributed by atoms with E-state index in [1.807, 2.05) is 188 Å². The van der Waals surface area contributed by atoms with Crippen molar-refractivity contribution in [2.45, 2.75) is 314 Å². The Bertz CT molecular complexity index is 4230. The van der Waals surface area contributed by atoms with Crippen molar-refractivity contribution in [1.82, 2.24) is 0 Å². The first kappa shape index (κ1) is 114. The maximum absolute atomic E-state index is 10.3. The van der Waals surface area contributed by atoms with Gasteiger partial charge in [-0.1, -0.05) is 302 Å². The van der Waals surface area contributed by atoms with Crippen LogP contribution in [0.25, 0.3) is 0 Å². The third-order valence-electron chi connectivity index (χ3n) is 27.4. The molecule has 15 unspecified atom stereocenters. The van der Waals surface area contributed by atoms with Crippen LogP contribution in [0.1, 0.15) is 129 Å². The van der Waals surface area contributed by atoms with Crippen LogP contribution in [0, 0.1) is 41.4 Å². The summed E-state index contributed by atoms with van der Waals surface area (Å²) in [6, 6.07) is 69.5. The smallest absolute Gasteiger partial charge is 0.192 e. The Labute approximate surface area is 800 Å². The maximum atomic E-state index is 10.3. The molecule has 0 saturated carbocycles. The van der Waals surface area contributed by atoms with Crippen LogP contribution < -0.4 is 0 Å². The Hall–Kier alpha value is -6.19. The Morgan fingerprint density at radius 2 is 0.467 bits per heavy atom. The monoisotopic (exact) mass is 1930 g/mol. The van der Waals surface area contributed by atoms with Crippen molar-refractivity contribution in [3.8, 4) is 0 Å². The number of aliphatic hydroxyl groups is 14. The third-order valence-corrected chi connectivity index (χ3v) is 36.4. The Morgan fingerprint density at radius 3 is 0.778 bits per heavy atom. The largest absolute Gasteiger partial charge is 0.414 e. The standard InChI is InChI=1S/C28H42O4Si.C22H28O4.C19H32O6Si.C16H24O3.C13H18O6.C6H12O6/c1-21-22(2)26(29-18-23-14-10-8-11-15-23)27(30-19-24-16-12-9-13-17-24)32-25(21)20-31-33(6,7)28(3,4)5;1-16-17(2)21(24-14-18-9-5-3-6-10-18)22(26-20(16)13-23)25-15-19-11-7-4-8-12-19;1-19(2,3)26(4,5)24-12-14-15(20)16(21)17(22)18(25-14)23-11-13-9-7-6-8-10-13;1-11-12(2)15(9-17)19-16(13(11)3)18-10-14-7-5-4-6-8-14;14-6-9-10(15)11(16)12(17)13(19-9)18-7-8-4-2-1-3-5-8;7-1-2-3(8)4(9)5(10)6(11)12-2/h8-17,21-22,25-27H,18-20H2,1-7H3;3-12,16-17,20-23H,13-15H2,1-2H3;6-10,14-18,20-22H,11-12H2,1-5H3;4-8,11-13,15-17H,9-10H2,1-3H3;1-5,9-17H,6-7H2;2-11H,1H2/t21-,22-,25?,26?,27?;16-,17-,20?,21?,22+;14?,15-,16+,17?,18?;11-,12-,13?,15?,16-;9?,10-,11+,12?,13?;2?,3-,4+,5?,6-/m001011/s1. The van der Waals surface area contributed by atoms with Gasteiger partial charge in [-0.3, -0.25) is 0 Å². The minimum absolute atomic E-state index is 0.0118. The number of hydrogen-bond donors (Lipinski definition) is 14. The second-order valence-electron chi connectivity index (χ2n) is 39.1. The predicted molar refractivity (Wildman–Crippen MR) is 513 cm³/mol. The second-order valence-corrected chi connectivity index (χ2v) is 48.7. The van der Waals surface area contributed by atoms with E-state index in [9.17, 15) is 40.9 Å². The van der Waals surface area contributed by atoms with Crippen molar-refractivity contribution in [1.29, 1.82) is 0 Å². The summed E-state index contributed by atoms with van der Waals surface area (Å²) in [5.41, 5.74) is 7.46. The van der Waals surface area contributed by atoms with Crippen molar-refractivity contribution in [3.05, 3.63) is 251 Å². The first-order valence-corrected chi connectivity index (χ1v) is 53.0. The molecule has 30 atom stereocenters.